The maximum absolute atomic E-state index is 10.3. The summed E-state index contributed by atoms with van der Waals surface area (Å²) in [5.41, 5.74) is 11.1. The number of rotatable bonds is 2. The lowest BCUT2D eigenvalue weighted by molar-refractivity contribution is -0.113. The number of aryl methyl sites for hydroxylation is 1. The SMILES string of the molecule is C.C/C=C(\C#N)C(C)=O.CN=C(N)N.CNc1ncc(C#N)c(C)n1.SCI.SCI. The van der Waals surface area contributed by atoms with Gasteiger partial charge in [0.1, 0.15) is 12.1 Å². The van der Waals surface area contributed by atoms with Crippen molar-refractivity contribution in [3.05, 3.63) is 29.1 Å². The quantitative estimate of drug-likeness (QED) is 0.0592. The Balaban J connectivity index is -0.0000000998. The second-order valence-electron chi connectivity index (χ2n) is 4.31. The molecule has 0 unspecified atom stereocenters. The number of carbonyl (C=O) groups is 1. The van der Waals surface area contributed by atoms with Gasteiger partial charge in [-0.05, 0) is 20.8 Å². The third-order valence-corrected chi connectivity index (χ3v) is 2.37. The number of thiol groups is 2. The summed E-state index contributed by atoms with van der Waals surface area (Å²) in [5, 5.41) is 19.5. The summed E-state index contributed by atoms with van der Waals surface area (Å²) in [4.78, 5) is 21.6. The van der Waals surface area contributed by atoms with Crippen molar-refractivity contribution in [2.45, 2.75) is 28.2 Å². The normalized spacial score (nSPS) is 8.03. The highest BCUT2D eigenvalue weighted by molar-refractivity contribution is 14.1. The van der Waals surface area contributed by atoms with Crippen LogP contribution in [0.5, 0.6) is 0 Å². The molecular weight excluding hydrogens is 662 g/mol. The second-order valence-corrected chi connectivity index (χ2v) is 8.88. The van der Waals surface area contributed by atoms with Crippen LogP contribution in [0.3, 0.4) is 0 Å². The summed E-state index contributed by atoms with van der Waals surface area (Å²) in [6.45, 7) is 4.82. The Bertz CT molecular complexity index is 726. The first-order valence-corrected chi connectivity index (χ1v) is 12.2. The molecule has 9 nitrogen and oxygen atoms in total. The molecule has 0 amide bonds. The Morgan fingerprint density at radius 3 is 1.90 bits per heavy atom. The number of anilines is 1. The van der Waals surface area contributed by atoms with Gasteiger partial charge < -0.3 is 16.8 Å². The van der Waals surface area contributed by atoms with Gasteiger partial charge in [0.15, 0.2) is 11.7 Å². The molecule has 176 valence electrons. The fraction of sp³-hybridized carbons (Fsp3) is 0.444. The van der Waals surface area contributed by atoms with Crippen LogP contribution in [0, 0.1) is 29.6 Å². The van der Waals surface area contributed by atoms with E-state index < -0.39 is 0 Å². The van der Waals surface area contributed by atoms with Crippen LogP contribution in [0.15, 0.2) is 22.8 Å². The van der Waals surface area contributed by atoms with Gasteiger partial charge in [0.2, 0.25) is 5.95 Å². The van der Waals surface area contributed by atoms with E-state index in [1.165, 1.54) is 26.2 Å². The zero-order valence-electron chi connectivity index (χ0n) is 17.5. The van der Waals surface area contributed by atoms with Crippen LogP contribution in [0.2, 0.25) is 0 Å². The van der Waals surface area contributed by atoms with Gasteiger partial charge >= 0.3 is 0 Å². The van der Waals surface area contributed by atoms with Crippen molar-refractivity contribution in [3.63, 3.8) is 0 Å². The summed E-state index contributed by atoms with van der Waals surface area (Å²) in [6.07, 6.45) is 3.01. The number of Topliss-reactive ketones (excluding diaryl/α,β-unsaturated/α-hetero) is 1. The largest absolute Gasteiger partial charge is 0.370 e. The molecule has 0 bridgehead atoms. The van der Waals surface area contributed by atoms with Crippen molar-refractivity contribution in [1.29, 1.82) is 10.5 Å². The van der Waals surface area contributed by atoms with Crippen LogP contribution in [0.25, 0.3) is 0 Å². The summed E-state index contributed by atoms with van der Waals surface area (Å²) in [7, 11) is 3.27. The van der Waals surface area contributed by atoms with Crippen LogP contribution in [-0.4, -0.2) is 43.3 Å². The lowest BCUT2D eigenvalue weighted by atomic mass is 10.2. The molecule has 0 fully saturated rings. The standard InChI is InChI=1S/C7H8N4.C6H7NO.C2H7N3.2CH3IS.CH4/c1-5-6(3-8)4-10-7(9-2)11-5;1-3-6(4-7)5(2)8;1-5-2(3)4;2*2-1-3;/h4H,1-2H3,(H,9,10,11);3H,1-2H3;1H3,(H4,3,4,5);2*3H,1H2;1H4/b;6-3+;;;;. The molecule has 0 aromatic carbocycles. The van der Waals surface area contributed by atoms with Gasteiger partial charge in [-0.2, -0.15) is 35.8 Å². The molecule has 0 aliphatic carbocycles. The molecule has 0 aliphatic heterocycles. The number of alkyl halides is 2. The molecule has 0 aliphatic rings. The van der Waals surface area contributed by atoms with E-state index in [4.69, 9.17) is 22.0 Å². The molecule has 13 heteroatoms. The Morgan fingerprint density at radius 1 is 1.32 bits per heavy atom. The number of aromatic nitrogens is 2. The van der Waals surface area contributed by atoms with E-state index in [1.54, 1.807) is 27.0 Å². The predicted molar refractivity (Wildman–Crippen MR) is 155 cm³/mol. The highest BCUT2D eigenvalue weighted by Crippen LogP contribution is 2.03. The van der Waals surface area contributed by atoms with Gasteiger partial charge in [0.25, 0.3) is 0 Å². The minimum absolute atomic E-state index is 0. The molecule has 0 atom stereocenters. The Hall–Kier alpha value is -1.30. The van der Waals surface area contributed by atoms with Crippen LogP contribution in [-0.2, 0) is 4.79 Å². The molecule has 1 rings (SSSR count). The molecule has 5 N–H and O–H groups in total. The van der Waals surface area contributed by atoms with Gasteiger partial charge in [-0.3, -0.25) is 9.79 Å². The van der Waals surface area contributed by atoms with Crippen LogP contribution >= 0.6 is 70.4 Å². The molecule has 0 spiro atoms. The van der Waals surface area contributed by atoms with Crippen molar-refractivity contribution in [2.24, 2.45) is 16.5 Å². The summed E-state index contributed by atoms with van der Waals surface area (Å²) in [5.74, 6) is 0.501. The van der Waals surface area contributed by atoms with E-state index in [1.807, 2.05) is 6.07 Å². The maximum Gasteiger partial charge on any atom is 0.222 e. The van der Waals surface area contributed by atoms with E-state index >= 15 is 0 Å². The third kappa shape index (κ3) is 31.0. The molecule has 0 saturated carbocycles. The van der Waals surface area contributed by atoms with Crippen molar-refractivity contribution < 1.29 is 4.79 Å². The number of guanidine groups is 1. The number of hydrogen-bond donors (Lipinski definition) is 5. The van der Waals surface area contributed by atoms with Crippen LogP contribution in [0.4, 0.5) is 5.95 Å². The van der Waals surface area contributed by atoms with Crippen molar-refractivity contribution in [2.75, 3.05) is 26.9 Å². The van der Waals surface area contributed by atoms with E-state index in [0.29, 0.717) is 17.2 Å². The second kappa shape index (κ2) is 30.9. The molecular formula is C18H32I2N8OS2. The number of halogens is 2. The van der Waals surface area contributed by atoms with Gasteiger partial charge in [-0.1, -0.05) is 58.7 Å². The van der Waals surface area contributed by atoms with Gasteiger partial charge in [0, 0.05) is 21.6 Å². The Labute approximate surface area is 224 Å². The minimum Gasteiger partial charge on any atom is -0.370 e. The average molecular weight is 694 g/mol. The number of allylic oxidation sites excluding steroid dienone is 2. The average Bonchev–Trinajstić information content (AvgIpc) is 2.70. The minimum atomic E-state index is -0.171. The third-order valence-electron chi connectivity index (χ3n) is 2.37. The van der Waals surface area contributed by atoms with Gasteiger partial charge in [-0.15, -0.1) is 0 Å². The monoisotopic (exact) mass is 694 g/mol. The van der Waals surface area contributed by atoms with E-state index in [-0.39, 0.29) is 24.7 Å². The summed E-state index contributed by atoms with van der Waals surface area (Å²) >= 11 is 11.9. The Kier molecular flexibility index (Phi) is 40.0. The zero-order chi connectivity index (χ0) is 24.5. The fourth-order valence-corrected chi connectivity index (χ4v) is 1.04. The molecule has 1 aromatic rings. The number of ketones is 1. The van der Waals surface area contributed by atoms with Crippen molar-refractivity contribution in [3.8, 4) is 12.1 Å². The number of nitrogens with zero attached hydrogens (tertiary/aromatic N) is 5. The van der Waals surface area contributed by atoms with E-state index in [2.05, 4.69) is 90.7 Å². The van der Waals surface area contributed by atoms with E-state index in [0.717, 1.165) is 7.52 Å². The van der Waals surface area contributed by atoms with E-state index in [9.17, 15) is 4.79 Å². The number of nitrogens with two attached hydrogens (primary N) is 2. The molecule has 0 radical (unpaired) electrons. The highest BCUT2D eigenvalue weighted by atomic mass is 127. The number of nitrogens with one attached hydrogen (secondary N) is 1. The number of hydrogen-bond acceptors (Lipinski definition) is 9. The number of nitriles is 2. The number of aliphatic imine (C=N–C) groups is 1. The molecule has 0 saturated heterocycles. The number of carbonyl (C=O) groups excluding carboxylic acids is 1. The molecule has 31 heavy (non-hydrogen) atoms. The van der Waals surface area contributed by atoms with Crippen LogP contribution in [0.1, 0.15) is 32.5 Å². The molecule has 1 aromatic heterocycles. The first kappa shape index (κ1) is 40.1. The van der Waals surface area contributed by atoms with Crippen LogP contribution < -0.4 is 16.8 Å². The van der Waals surface area contributed by atoms with Gasteiger partial charge in [0.05, 0.1) is 23.0 Å². The first-order chi connectivity index (χ1) is 14.1. The van der Waals surface area contributed by atoms with Gasteiger partial charge in [-0.25, -0.2) is 9.97 Å². The highest BCUT2D eigenvalue weighted by Gasteiger charge is 1.99. The summed E-state index contributed by atoms with van der Waals surface area (Å²) in [6, 6.07) is 3.76. The molecule has 1 heterocycles. The first-order valence-electron chi connectivity index (χ1n) is 7.90. The van der Waals surface area contributed by atoms with Crippen molar-refractivity contribution in [1.82, 2.24) is 9.97 Å². The maximum atomic E-state index is 10.3. The summed E-state index contributed by atoms with van der Waals surface area (Å²) < 4.78 is 1.83. The smallest absolute Gasteiger partial charge is 0.222 e. The van der Waals surface area contributed by atoms with Crippen molar-refractivity contribution >= 4 is 88.1 Å². The zero-order valence-corrected chi connectivity index (χ0v) is 23.6. The predicted octanol–water partition coefficient (Wildman–Crippen LogP) is 3.89. The lowest BCUT2D eigenvalue weighted by Crippen LogP contribution is -2.21. The Morgan fingerprint density at radius 2 is 1.74 bits per heavy atom. The fourth-order valence-electron chi connectivity index (χ4n) is 1.04. The topological polar surface area (TPSA) is 167 Å². The lowest BCUT2D eigenvalue weighted by Gasteiger charge is -1.98.